The Morgan fingerprint density at radius 1 is 1.32 bits per heavy atom. The molecule has 110 valence electrons. The van der Waals surface area contributed by atoms with E-state index >= 15 is 0 Å². The van der Waals surface area contributed by atoms with Crippen LogP contribution in [-0.2, 0) is 6.42 Å². The zero-order valence-corrected chi connectivity index (χ0v) is 13.5. The SMILES string of the molecule is CCC(C)n1ccc(CC(C)(CC)CNC(C)C)n1. The van der Waals surface area contributed by atoms with Gasteiger partial charge in [0.2, 0.25) is 0 Å². The fraction of sp³-hybridized carbons (Fsp3) is 0.812. The average Bonchev–Trinajstić information content (AvgIpc) is 2.83. The molecule has 1 rings (SSSR count). The van der Waals surface area contributed by atoms with E-state index in [1.807, 2.05) is 0 Å². The van der Waals surface area contributed by atoms with Crippen molar-refractivity contribution >= 4 is 0 Å². The zero-order chi connectivity index (χ0) is 14.5. The second-order valence-electron chi connectivity index (χ2n) is 6.42. The highest BCUT2D eigenvalue weighted by molar-refractivity contribution is 5.03. The second kappa shape index (κ2) is 7.09. The molecule has 0 bridgehead atoms. The number of rotatable bonds is 8. The Morgan fingerprint density at radius 2 is 2.00 bits per heavy atom. The highest BCUT2D eigenvalue weighted by Crippen LogP contribution is 2.25. The van der Waals surface area contributed by atoms with Crippen LogP contribution >= 0.6 is 0 Å². The molecule has 0 aliphatic rings. The van der Waals surface area contributed by atoms with Gasteiger partial charge in [-0.3, -0.25) is 4.68 Å². The molecule has 0 aliphatic heterocycles. The number of hydrogen-bond acceptors (Lipinski definition) is 2. The molecule has 0 fully saturated rings. The first-order chi connectivity index (χ1) is 8.90. The van der Waals surface area contributed by atoms with Crippen LogP contribution in [0.15, 0.2) is 12.3 Å². The summed E-state index contributed by atoms with van der Waals surface area (Å²) in [6, 6.07) is 3.22. The van der Waals surface area contributed by atoms with Crippen LogP contribution in [0.4, 0.5) is 0 Å². The van der Waals surface area contributed by atoms with E-state index in [1.165, 1.54) is 12.1 Å². The van der Waals surface area contributed by atoms with E-state index in [1.54, 1.807) is 0 Å². The van der Waals surface area contributed by atoms with E-state index in [0.29, 0.717) is 17.5 Å². The monoisotopic (exact) mass is 265 g/mol. The minimum Gasteiger partial charge on any atom is -0.314 e. The smallest absolute Gasteiger partial charge is 0.0630 e. The third kappa shape index (κ3) is 4.98. The highest BCUT2D eigenvalue weighted by Gasteiger charge is 2.24. The van der Waals surface area contributed by atoms with Crippen molar-refractivity contribution in [3.05, 3.63) is 18.0 Å². The van der Waals surface area contributed by atoms with Crippen molar-refractivity contribution in [2.45, 2.75) is 72.9 Å². The standard InChI is InChI=1S/C16H31N3/c1-7-14(5)19-10-9-15(18-19)11-16(6,8-2)12-17-13(3)4/h9-10,13-14,17H,7-8,11-12H2,1-6H3. The summed E-state index contributed by atoms with van der Waals surface area (Å²) in [6.07, 6.45) is 5.46. The highest BCUT2D eigenvalue weighted by atomic mass is 15.3. The topological polar surface area (TPSA) is 29.9 Å². The van der Waals surface area contributed by atoms with Crippen molar-refractivity contribution in [1.29, 1.82) is 0 Å². The van der Waals surface area contributed by atoms with Crippen LogP contribution in [0, 0.1) is 5.41 Å². The lowest BCUT2D eigenvalue weighted by Gasteiger charge is -2.29. The molecular weight excluding hydrogens is 234 g/mol. The molecule has 3 heteroatoms. The molecule has 3 nitrogen and oxygen atoms in total. The quantitative estimate of drug-likeness (QED) is 0.774. The summed E-state index contributed by atoms with van der Waals surface area (Å²) in [5, 5.41) is 8.29. The van der Waals surface area contributed by atoms with Crippen LogP contribution in [0.3, 0.4) is 0 Å². The fourth-order valence-electron chi connectivity index (χ4n) is 2.10. The van der Waals surface area contributed by atoms with Gasteiger partial charge in [0.25, 0.3) is 0 Å². The Hall–Kier alpha value is -0.830. The number of aromatic nitrogens is 2. The summed E-state index contributed by atoms with van der Waals surface area (Å²) in [4.78, 5) is 0. The second-order valence-corrected chi connectivity index (χ2v) is 6.42. The van der Waals surface area contributed by atoms with Crippen molar-refractivity contribution in [3.8, 4) is 0 Å². The number of hydrogen-bond donors (Lipinski definition) is 1. The van der Waals surface area contributed by atoms with Crippen molar-refractivity contribution in [2.24, 2.45) is 5.41 Å². The van der Waals surface area contributed by atoms with Gasteiger partial charge in [0, 0.05) is 24.8 Å². The van der Waals surface area contributed by atoms with E-state index in [9.17, 15) is 0 Å². The van der Waals surface area contributed by atoms with Gasteiger partial charge in [-0.1, -0.05) is 34.6 Å². The van der Waals surface area contributed by atoms with Gasteiger partial charge >= 0.3 is 0 Å². The van der Waals surface area contributed by atoms with E-state index in [4.69, 9.17) is 5.10 Å². The van der Waals surface area contributed by atoms with Gasteiger partial charge in [-0.25, -0.2) is 0 Å². The first-order valence-electron chi connectivity index (χ1n) is 7.67. The Kier molecular flexibility index (Phi) is 6.05. The molecule has 0 radical (unpaired) electrons. The van der Waals surface area contributed by atoms with Crippen LogP contribution in [0.2, 0.25) is 0 Å². The maximum atomic E-state index is 4.73. The summed E-state index contributed by atoms with van der Waals surface area (Å²) in [5.74, 6) is 0. The van der Waals surface area contributed by atoms with Crippen LogP contribution in [0.1, 0.15) is 66.1 Å². The minimum atomic E-state index is 0.291. The molecule has 2 unspecified atom stereocenters. The first kappa shape index (κ1) is 16.2. The van der Waals surface area contributed by atoms with Gasteiger partial charge in [-0.05, 0) is 37.7 Å². The molecule has 1 heterocycles. The van der Waals surface area contributed by atoms with Gasteiger partial charge in [0.15, 0.2) is 0 Å². The largest absolute Gasteiger partial charge is 0.314 e. The molecule has 0 saturated carbocycles. The minimum absolute atomic E-state index is 0.291. The van der Waals surface area contributed by atoms with Crippen molar-refractivity contribution < 1.29 is 0 Å². The molecule has 0 aliphatic carbocycles. The first-order valence-corrected chi connectivity index (χ1v) is 7.67. The average molecular weight is 265 g/mol. The molecule has 19 heavy (non-hydrogen) atoms. The summed E-state index contributed by atoms with van der Waals surface area (Å²) < 4.78 is 2.10. The lowest BCUT2D eigenvalue weighted by Crippen LogP contribution is -2.36. The van der Waals surface area contributed by atoms with Gasteiger partial charge in [-0.2, -0.15) is 5.10 Å². The summed E-state index contributed by atoms with van der Waals surface area (Å²) >= 11 is 0. The third-order valence-electron chi connectivity index (χ3n) is 4.10. The van der Waals surface area contributed by atoms with E-state index in [2.05, 4.69) is 63.8 Å². The van der Waals surface area contributed by atoms with Crippen LogP contribution in [0.25, 0.3) is 0 Å². The predicted octanol–water partition coefficient (Wildman–Crippen LogP) is 3.81. The van der Waals surface area contributed by atoms with Gasteiger partial charge in [0.1, 0.15) is 0 Å². The maximum absolute atomic E-state index is 4.73. The Morgan fingerprint density at radius 3 is 2.53 bits per heavy atom. The molecule has 2 atom stereocenters. The molecule has 0 saturated heterocycles. The van der Waals surface area contributed by atoms with Crippen molar-refractivity contribution in [2.75, 3.05) is 6.54 Å². The molecule has 0 amide bonds. The Balaban J connectivity index is 2.67. The summed E-state index contributed by atoms with van der Waals surface area (Å²) in [6.45, 7) is 14.5. The molecule has 1 aromatic rings. The summed E-state index contributed by atoms with van der Waals surface area (Å²) in [7, 11) is 0. The Bertz CT molecular complexity index is 370. The lowest BCUT2D eigenvalue weighted by atomic mass is 9.82. The van der Waals surface area contributed by atoms with E-state index in [-0.39, 0.29) is 0 Å². The molecular formula is C16H31N3. The van der Waals surface area contributed by atoms with Gasteiger partial charge in [0.05, 0.1) is 5.69 Å². The number of nitrogens with one attached hydrogen (secondary N) is 1. The molecule has 1 aromatic heterocycles. The predicted molar refractivity (Wildman–Crippen MR) is 82.5 cm³/mol. The summed E-state index contributed by atoms with van der Waals surface area (Å²) in [5.41, 5.74) is 1.51. The van der Waals surface area contributed by atoms with Gasteiger partial charge in [-0.15, -0.1) is 0 Å². The van der Waals surface area contributed by atoms with E-state index in [0.717, 1.165) is 19.4 Å². The zero-order valence-electron chi connectivity index (χ0n) is 13.5. The van der Waals surface area contributed by atoms with Crippen molar-refractivity contribution in [1.82, 2.24) is 15.1 Å². The van der Waals surface area contributed by atoms with Crippen LogP contribution < -0.4 is 5.32 Å². The van der Waals surface area contributed by atoms with E-state index < -0.39 is 0 Å². The molecule has 1 N–H and O–H groups in total. The molecule has 0 spiro atoms. The third-order valence-corrected chi connectivity index (χ3v) is 4.10. The van der Waals surface area contributed by atoms with Gasteiger partial charge < -0.3 is 5.32 Å². The number of nitrogens with zero attached hydrogens (tertiary/aromatic N) is 2. The fourth-order valence-corrected chi connectivity index (χ4v) is 2.10. The maximum Gasteiger partial charge on any atom is 0.0630 e. The van der Waals surface area contributed by atoms with Crippen LogP contribution in [0.5, 0.6) is 0 Å². The normalized spacial score (nSPS) is 16.6. The molecule has 0 aromatic carbocycles. The Labute approximate surface area is 118 Å². The van der Waals surface area contributed by atoms with Crippen molar-refractivity contribution in [3.63, 3.8) is 0 Å². The van der Waals surface area contributed by atoms with Crippen LogP contribution in [-0.4, -0.2) is 22.4 Å². The lowest BCUT2D eigenvalue weighted by molar-refractivity contribution is 0.277.